The molecule has 25 heavy (non-hydrogen) atoms. The summed E-state index contributed by atoms with van der Waals surface area (Å²) < 4.78 is 5.50. The van der Waals surface area contributed by atoms with Gasteiger partial charge in [0.2, 0.25) is 0 Å². The lowest BCUT2D eigenvalue weighted by atomic mass is 9.81. The second-order valence-corrected chi connectivity index (χ2v) is 8.61. The zero-order chi connectivity index (χ0) is 17.6. The number of hydrogen-bond donors (Lipinski definition) is 2. The van der Waals surface area contributed by atoms with Crippen molar-refractivity contribution in [1.82, 2.24) is 10.2 Å². The third-order valence-corrected chi connectivity index (χ3v) is 6.61. The minimum Gasteiger partial charge on any atom is -0.391 e. The lowest BCUT2D eigenvalue weighted by Gasteiger charge is -2.49. The summed E-state index contributed by atoms with van der Waals surface area (Å²) in [6, 6.07) is 1.87. The first-order chi connectivity index (χ1) is 12.0. The van der Waals surface area contributed by atoms with Gasteiger partial charge in [-0.2, -0.15) is 0 Å². The van der Waals surface area contributed by atoms with E-state index in [4.69, 9.17) is 9.57 Å². The van der Waals surface area contributed by atoms with Crippen LogP contribution in [0.2, 0.25) is 0 Å². The van der Waals surface area contributed by atoms with E-state index in [0.29, 0.717) is 18.1 Å². The Morgan fingerprint density at radius 1 is 1.40 bits per heavy atom. The van der Waals surface area contributed by atoms with Crippen LogP contribution in [0.25, 0.3) is 0 Å². The third-order valence-electron chi connectivity index (χ3n) is 6.61. The molecule has 4 aliphatic rings. The average molecular weight is 351 g/mol. The molecule has 0 spiro atoms. The molecule has 8 atom stereocenters. The van der Waals surface area contributed by atoms with Gasteiger partial charge in [-0.05, 0) is 58.4 Å². The highest BCUT2D eigenvalue weighted by atomic mass is 16.6. The van der Waals surface area contributed by atoms with Gasteiger partial charge < -0.3 is 20.0 Å². The van der Waals surface area contributed by atoms with Crippen LogP contribution in [-0.2, 0) is 9.57 Å². The Balaban J connectivity index is 1.30. The van der Waals surface area contributed by atoms with Crippen molar-refractivity contribution >= 4 is 5.71 Å². The van der Waals surface area contributed by atoms with Gasteiger partial charge in [0, 0.05) is 24.7 Å². The van der Waals surface area contributed by atoms with Crippen molar-refractivity contribution in [3.8, 4) is 0 Å². The number of nitrogens with zero attached hydrogens (tertiary/aromatic N) is 2. The van der Waals surface area contributed by atoms with Crippen LogP contribution in [0.3, 0.4) is 0 Å². The van der Waals surface area contributed by atoms with Crippen LogP contribution in [0, 0.1) is 5.92 Å². The van der Waals surface area contributed by atoms with E-state index < -0.39 is 0 Å². The smallest absolute Gasteiger partial charge is 0.137 e. The molecule has 3 heterocycles. The van der Waals surface area contributed by atoms with E-state index in [9.17, 15) is 5.11 Å². The van der Waals surface area contributed by atoms with Crippen LogP contribution >= 0.6 is 0 Å². The molecule has 3 saturated heterocycles. The summed E-state index contributed by atoms with van der Waals surface area (Å²) in [5.41, 5.74) is 0.973. The monoisotopic (exact) mass is 351 g/mol. The summed E-state index contributed by atoms with van der Waals surface area (Å²) in [5, 5.41) is 17.9. The van der Waals surface area contributed by atoms with E-state index >= 15 is 0 Å². The molecule has 0 amide bonds. The molecule has 0 aromatic carbocycles. The van der Waals surface area contributed by atoms with Crippen molar-refractivity contribution in [3.63, 3.8) is 0 Å². The average Bonchev–Trinajstić information content (AvgIpc) is 3.38. The molecule has 1 saturated carbocycles. The topological polar surface area (TPSA) is 69.6 Å². The lowest BCUT2D eigenvalue weighted by molar-refractivity contribution is -0.00617. The van der Waals surface area contributed by atoms with Crippen molar-refractivity contribution in [2.24, 2.45) is 11.1 Å². The minimum absolute atomic E-state index is 0.000184. The summed E-state index contributed by atoms with van der Waals surface area (Å²) in [6.07, 6.45) is 5.05. The fraction of sp³-hybridized carbons (Fsp3) is 0.947. The van der Waals surface area contributed by atoms with Gasteiger partial charge in [0.25, 0.3) is 0 Å². The summed E-state index contributed by atoms with van der Waals surface area (Å²) in [5.74, 6) is 0.718. The number of epoxide rings is 1. The first-order valence-corrected chi connectivity index (χ1v) is 10.1. The Bertz CT molecular complexity index is 514. The third kappa shape index (κ3) is 3.72. The Morgan fingerprint density at radius 2 is 2.24 bits per heavy atom. The molecule has 1 aliphatic carbocycles. The summed E-state index contributed by atoms with van der Waals surface area (Å²) in [6.45, 7) is 8.87. The Kier molecular flexibility index (Phi) is 5.06. The maximum absolute atomic E-state index is 9.75. The van der Waals surface area contributed by atoms with Crippen molar-refractivity contribution in [1.29, 1.82) is 0 Å². The van der Waals surface area contributed by atoms with Gasteiger partial charge in [0.1, 0.15) is 18.3 Å². The summed E-state index contributed by atoms with van der Waals surface area (Å²) in [4.78, 5) is 8.42. The molecule has 6 heteroatoms. The SMILES string of the molecule is CC(CN1CCCC2NC(C)C(C)CC21)O/N=C1/CCC(O)C2OC12. The number of aliphatic hydroxyl groups is 1. The van der Waals surface area contributed by atoms with Gasteiger partial charge in [-0.15, -0.1) is 0 Å². The van der Waals surface area contributed by atoms with Crippen LogP contribution in [-0.4, -0.2) is 71.3 Å². The fourth-order valence-electron chi connectivity index (χ4n) is 4.85. The number of nitrogens with one attached hydrogen (secondary N) is 1. The zero-order valence-electron chi connectivity index (χ0n) is 15.7. The second-order valence-electron chi connectivity index (χ2n) is 8.61. The number of hydrogen-bond acceptors (Lipinski definition) is 6. The predicted octanol–water partition coefficient (Wildman–Crippen LogP) is 1.52. The number of fused-ring (bicyclic) bond motifs is 2. The summed E-state index contributed by atoms with van der Waals surface area (Å²) >= 11 is 0. The second kappa shape index (κ2) is 7.14. The lowest BCUT2D eigenvalue weighted by Crippen LogP contribution is -2.62. The standard InChI is InChI=1S/C19H33N3O3/c1-11-9-16-14(20-13(11)3)5-4-8-22(16)10-12(2)25-21-15-6-7-17(23)19-18(15)24-19/h11-14,16-20,23H,4-10H2,1-3H3/b21-15-. The van der Waals surface area contributed by atoms with Gasteiger partial charge in [-0.3, -0.25) is 4.90 Å². The van der Waals surface area contributed by atoms with E-state index in [1.807, 2.05) is 0 Å². The Hall–Kier alpha value is -0.690. The Morgan fingerprint density at radius 3 is 3.08 bits per heavy atom. The van der Waals surface area contributed by atoms with Crippen molar-refractivity contribution in [2.75, 3.05) is 13.1 Å². The molecule has 8 unspecified atom stereocenters. The molecule has 142 valence electrons. The molecule has 0 bridgehead atoms. The molecular weight excluding hydrogens is 318 g/mol. The highest BCUT2D eigenvalue weighted by Crippen LogP contribution is 2.35. The number of piperidine rings is 2. The number of oxime groups is 1. The van der Waals surface area contributed by atoms with E-state index in [1.54, 1.807) is 0 Å². The number of rotatable bonds is 4. The van der Waals surface area contributed by atoms with E-state index in [0.717, 1.165) is 37.6 Å². The van der Waals surface area contributed by atoms with E-state index in [1.165, 1.54) is 19.3 Å². The normalized spacial score (nSPS) is 47.0. The van der Waals surface area contributed by atoms with Crippen molar-refractivity contribution in [3.05, 3.63) is 0 Å². The van der Waals surface area contributed by atoms with E-state index in [2.05, 4.69) is 36.1 Å². The van der Waals surface area contributed by atoms with Gasteiger partial charge in [-0.25, -0.2) is 0 Å². The maximum Gasteiger partial charge on any atom is 0.137 e. The number of aliphatic hydroxyl groups excluding tert-OH is 1. The van der Waals surface area contributed by atoms with Gasteiger partial charge in [-0.1, -0.05) is 12.1 Å². The molecule has 2 N–H and O–H groups in total. The number of ether oxygens (including phenoxy) is 1. The summed E-state index contributed by atoms with van der Waals surface area (Å²) in [7, 11) is 0. The van der Waals surface area contributed by atoms with Gasteiger partial charge in [0.15, 0.2) is 0 Å². The maximum atomic E-state index is 9.75. The first-order valence-electron chi connectivity index (χ1n) is 10.1. The fourth-order valence-corrected chi connectivity index (χ4v) is 4.85. The molecule has 6 nitrogen and oxygen atoms in total. The van der Waals surface area contributed by atoms with Gasteiger partial charge in [0.05, 0.1) is 11.8 Å². The highest BCUT2D eigenvalue weighted by molar-refractivity contribution is 5.92. The molecule has 0 radical (unpaired) electrons. The van der Waals surface area contributed by atoms with Crippen LogP contribution < -0.4 is 5.32 Å². The first kappa shape index (κ1) is 17.7. The van der Waals surface area contributed by atoms with Gasteiger partial charge >= 0.3 is 0 Å². The molecule has 0 aromatic rings. The largest absolute Gasteiger partial charge is 0.391 e. The highest BCUT2D eigenvalue weighted by Gasteiger charge is 2.51. The Labute approximate surface area is 150 Å². The quantitative estimate of drug-likeness (QED) is 0.594. The molecule has 0 aromatic heterocycles. The van der Waals surface area contributed by atoms with Crippen molar-refractivity contribution < 1.29 is 14.7 Å². The molecular formula is C19H33N3O3. The van der Waals surface area contributed by atoms with Crippen LogP contribution in [0.5, 0.6) is 0 Å². The zero-order valence-corrected chi connectivity index (χ0v) is 15.7. The predicted molar refractivity (Wildman–Crippen MR) is 96.6 cm³/mol. The van der Waals surface area contributed by atoms with Crippen LogP contribution in [0.1, 0.15) is 52.9 Å². The molecule has 3 aliphatic heterocycles. The van der Waals surface area contributed by atoms with Crippen molar-refractivity contribution in [2.45, 2.75) is 95.4 Å². The minimum atomic E-state index is -0.324. The van der Waals surface area contributed by atoms with Crippen LogP contribution in [0.4, 0.5) is 0 Å². The molecule has 4 rings (SSSR count). The van der Waals surface area contributed by atoms with Crippen LogP contribution in [0.15, 0.2) is 5.16 Å². The molecule has 4 fully saturated rings. The number of likely N-dealkylation sites (tertiary alicyclic amines) is 1. The van der Waals surface area contributed by atoms with E-state index in [-0.39, 0.29) is 24.4 Å².